The minimum atomic E-state index is 0.0804. The lowest BCUT2D eigenvalue weighted by atomic mass is 10.1. The molecule has 0 spiro atoms. The Bertz CT molecular complexity index is 574. The Labute approximate surface area is 138 Å². The number of halogens is 2. The zero-order valence-corrected chi connectivity index (χ0v) is 14.4. The molecule has 4 heteroatoms. The maximum atomic E-state index is 6.21. The Morgan fingerprint density at radius 3 is 2.60 bits per heavy atom. The van der Waals surface area contributed by atoms with Crippen LogP contribution in [-0.4, -0.2) is 6.04 Å². The topological polar surface area (TPSA) is 26.0 Å². The number of hydrogen-bond donors (Lipinski definition) is 1. The Morgan fingerprint density at radius 1 is 1.20 bits per heavy atom. The monoisotopic (exact) mass is 369 g/mol. The van der Waals surface area contributed by atoms with Crippen molar-refractivity contribution in [2.45, 2.75) is 24.0 Å². The molecule has 0 aliphatic rings. The summed E-state index contributed by atoms with van der Waals surface area (Å²) >= 11 is 11.6. The van der Waals surface area contributed by atoms with E-state index in [0.717, 1.165) is 20.8 Å². The second-order valence-electron chi connectivity index (χ2n) is 4.74. The van der Waals surface area contributed by atoms with Crippen LogP contribution >= 0.6 is 39.3 Å². The van der Waals surface area contributed by atoms with Crippen LogP contribution in [-0.2, 0) is 5.75 Å². The molecule has 2 unspecified atom stereocenters. The average Bonchev–Trinajstić information content (AvgIpc) is 2.41. The highest BCUT2D eigenvalue weighted by Crippen LogP contribution is 2.36. The largest absolute Gasteiger partial charge is 0.327 e. The van der Waals surface area contributed by atoms with E-state index in [-0.39, 0.29) is 11.3 Å². The summed E-state index contributed by atoms with van der Waals surface area (Å²) in [5.74, 6) is 0.860. The fourth-order valence-electron chi connectivity index (χ4n) is 2.03. The molecule has 2 rings (SSSR count). The third-order valence-corrected chi connectivity index (χ3v) is 5.43. The van der Waals surface area contributed by atoms with Gasteiger partial charge in [-0.2, -0.15) is 0 Å². The predicted molar refractivity (Wildman–Crippen MR) is 93.3 cm³/mol. The third kappa shape index (κ3) is 4.26. The van der Waals surface area contributed by atoms with Crippen LogP contribution in [0, 0.1) is 0 Å². The van der Waals surface area contributed by atoms with Gasteiger partial charge in [0.25, 0.3) is 0 Å². The quantitative estimate of drug-likeness (QED) is 0.760. The summed E-state index contributed by atoms with van der Waals surface area (Å²) in [6.07, 6.45) is 0. The predicted octanol–water partition coefficient (Wildman–Crippen LogP) is 5.42. The van der Waals surface area contributed by atoms with Crippen LogP contribution in [0.1, 0.15) is 23.3 Å². The first-order valence-electron chi connectivity index (χ1n) is 6.44. The molecule has 0 aromatic heterocycles. The normalized spacial score (nSPS) is 14.0. The first kappa shape index (κ1) is 15.9. The van der Waals surface area contributed by atoms with E-state index in [9.17, 15) is 0 Å². The van der Waals surface area contributed by atoms with Crippen molar-refractivity contribution in [3.05, 3.63) is 69.2 Å². The molecule has 0 heterocycles. The highest BCUT2D eigenvalue weighted by Gasteiger charge is 2.17. The minimum Gasteiger partial charge on any atom is -0.327 e. The van der Waals surface area contributed by atoms with Gasteiger partial charge in [0, 0.05) is 26.5 Å². The van der Waals surface area contributed by atoms with Crippen LogP contribution in [0.2, 0.25) is 5.02 Å². The van der Waals surface area contributed by atoms with Crippen molar-refractivity contribution in [2.75, 3.05) is 0 Å². The molecule has 0 saturated carbocycles. The summed E-state index contributed by atoms with van der Waals surface area (Å²) in [4.78, 5) is 0. The van der Waals surface area contributed by atoms with E-state index < -0.39 is 0 Å². The molecule has 106 valence electrons. The van der Waals surface area contributed by atoms with E-state index in [0.29, 0.717) is 0 Å². The summed E-state index contributed by atoms with van der Waals surface area (Å²) in [6.45, 7) is 2.05. The van der Waals surface area contributed by atoms with Gasteiger partial charge in [-0.1, -0.05) is 57.9 Å². The van der Waals surface area contributed by atoms with Gasteiger partial charge < -0.3 is 5.73 Å². The summed E-state index contributed by atoms with van der Waals surface area (Å²) < 4.78 is 1.08. The van der Waals surface area contributed by atoms with Crippen molar-refractivity contribution in [1.29, 1.82) is 0 Å². The molecule has 0 aliphatic carbocycles. The lowest BCUT2D eigenvalue weighted by molar-refractivity contribution is 0.721. The summed E-state index contributed by atoms with van der Waals surface area (Å²) in [5.41, 5.74) is 8.55. The van der Waals surface area contributed by atoms with E-state index in [1.807, 2.05) is 49.0 Å². The number of thioether (sulfide) groups is 1. The van der Waals surface area contributed by atoms with Crippen LogP contribution in [0.15, 0.2) is 53.0 Å². The van der Waals surface area contributed by atoms with Crippen LogP contribution in [0.5, 0.6) is 0 Å². The van der Waals surface area contributed by atoms with E-state index in [1.165, 1.54) is 5.56 Å². The third-order valence-electron chi connectivity index (χ3n) is 3.03. The second-order valence-corrected chi connectivity index (χ2v) is 7.19. The van der Waals surface area contributed by atoms with E-state index in [4.69, 9.17) is 17.3 Å². The maximum Gasteiger partial charge on any atom is 0.0449 e. The molecular weight excluding hydrogens is 354 g/mol. The highest BCUT2D eigenvalue weighted by molar-refractivity contribution is 9.10. The summed E-state index contributed by atoms with van der Waals surface area (Å²) in [6, 6.07) is 16.4. The van der Waals surface area contributed by atoms with E-state index >= 15 is 0 Å². The van der Waals surface area contributed by atoms with E-state index in [2.05, 4.69) is 34.1 Å². The molecule has 2 N–H and O–H groups in total. The van der Waals surface area contributed by atoms with Gasteiger partial charge in [-0.25, -0.2) is 0 Å². The summed E-state index contributed by atoms with van der Waals surface area (Å²) in [7, 11) is 0. The van der Waals surface area contributed by atoms with Crippen molar-refractivity contribution in [3.63, 3.8) is 0 Å². The van der Waals surface area contributed by atoms with Crippen LogP contribution in [0.4, 0.5) is 0 Å². The van der Waals surface area contributed by atoms with Gasteiger partial charge >= 0.3 is 0 Å². The van der Waals surface area contributed by atoms with E-state index in [1.54, 1.807) is 0 Å². The van der Waals surface area contributed by atoms with Gasteiger partial charge in [-0.15, -0.1) is 11.8 Å². The zero-order chi connectivity index (χ0) is 14.5. The molecule has 0 amide bonds. The molecular formula is C16H17BrClNS. The van der Waals surface area contributed by atoms with Gasteiger partial charge in [-0.3, -0.25) is 0 Å². The van der Waals surface area contributed by atoms with Gasteiger partial charge in [0.15, 0.2) is 0 Å². The molecule has 2 atom stereocenters. The fourth-order valence-corrected chi connectivity index (χ4v) is 3.98. The lowest BCUT2D eigenvalue weighted by Crippen LogP contribution is -2.22. The standard InChI is InChI=1S/C16H17BrClNS/c1-11(19)16(12-6-4-7-14(17)9-12)20-10-13-5-2-3-8-15(13)18/h2-9,11,16H,10,19H2,1H3. The molecule has 2 aromatic carbocycles. The minimum absolute atomic E-state index is 0.0804. The SMILES string of the molecule is CC(N)C(SCc1ccccc1Cl)c1cccc(Br)c1. The second kappa shape index (κ2) is 7.51. The molecule has 2 aromatic rings. The van der Waals surface area contributed by atoms with Gasteiger partial charge in [0.2, 0.25) is 0 Å². The van der Waals surface area contributed by atoms with Gasteiger partial charge in [0.05, 0.1) is 0 Å². The van der Waals surface area contributed by atoms with Crippen molar-refractivity contribution in [3.8, 4) is 0 Å². The number of hydrogen-bond acceptors (Lipinski definition) is 2. The Kier molecular flexibility index (Phi) is 5.97. The molecule has 20 heavy (non-hydrogen) atoms. The molecule has 0 bridgehead atoms. The Balaban J connectivity index is 2.13. The van der Waals surface area contributed by atoms with Crippen LogP contribution < -0.4 is 5.73 Å². The lowest BCUT2D eigenvalue weighted by Gasteiger charge is -2.21. The Hall–Kier alpha value is -0.480. The van der Waals surface area contributed by atoms with Crippen molar-refractivity contribution < 1.29 is 0 Å². The number of nitrogens with two attached hydrogens (primary N) is 1. The highest BCUT2D eigenvalue weighted by atomic mass is 79.9. The van der Waals surface area contributed by atoms with Crippen LogP contribution in [0.3, 0.4) is 0 Å². The maximum absolute atomic E-state index is 6.21. The smallest absolute Gasteiger partial charge is 0.0449 e. The average molecular weight is 371 g/mol. The molecule has 1 nitrogen and oxygen atoms in total. The molecule has 0 fully saturated rings. The molecule has 0 saturated heterocycles. The summed E-state index contributed by atoms with van der Waals surface area (Å²) in [5, 5.41) is 1.07. The van der Waals surface area contributed by atoms with Crippen molar-refractivity contribution in [2.24, 2.45) is 5.73 Å². The number of rotatable bonds is 5. The first-order valence-corrected chi connectivity index (χ1v) is 8.66. The van der Waals surface area contributed by atoms with Gasteiger partial charge in [-0.05, 0) is 36.2 Å². The first-order chi connectivity index (χ1) is 9.58. The molecule has 0 aliphatic heterocycles. The number of benzene rings is 2. The Morgan fingerprint density at radius 2 is 1.95 bits per heavy atom. The van der Waals surface area contributed by atoms with Crippen LogP contribution in [0.25, 0.3) is 0 Å². The fraction of sp³-hybridized carbons (Fsp3) is 0.250. The molecule has 0 radical (unpaired) electrons. The van der Waals surface area contributed by atoms with Crippen molar-refractivity contribution in [1.82, 2.24) is 0 Å². The van der Waals surface area contributed by atoms with Crippen molar-refractivity contribution >= 4 is 39.3 Å². The zero-order valence-electron chi connectivity index (χ0n) is 11.2. The van der Waals surface area contributed by atoms with Gasteiger partial charge in [0.1, 0.15) is 0 Å².